The van der Waals surface area contributed by atoms with E-state index in [2.05, 4.69) is 6.92 Å². The lowest BCUT2D eigenvalue weighted by Crippen LogP contribution is -2.52. The molecule has 136 valence electrons. The first-order valence-corrected chi connectivity index (χ1v) is 8.18. The fourth-order valence-electron chi connectivity index (χ4n) is 2.57. The van der Waals surface area contributed by atoms with Crippen molar-refractivity contribution < 1.29 is 27.4 Å². The van der Waals surface area contributed by atoms with Gasteiger partial charge >= 0.3 is 12.1 Å². The molecule has 0 amide bonds. The standard InChI is InChI=1S/C18H25F3O3/c1-4-5-6-8-11-14(2)24-16(22)17(23-3,18(19,20)21)15-12-9-7-10-13-15/h7,9-10,12-14H,4-6,8,11H2,1-3H3/t14-,17+/m0/s1. The van der Waals surface area contributed by atoms with Crippen molar-refractivity contribution in [1.29, 1.82) is 0 Å². The molecule has 0 fully saturated rings. The first kappa shape index (κ1) is 20.5. The van der Waals surface area contributed by atoms with Crippen molar-refractivity contribution in [3.63, 3.8) is 0 Å². The average molecular weight is 346 g/mol. The van der Waals surface area contributed by atoms with E-state index in [-0.39, 0.29) is 5.56 Å². The number of benzene rings is 1. The van der Waals surface area contributed by atoms with Crippen LogP contribution in [-0.4, -0.2) is 25.4 Å². The molecule has 0 N–H and O–H groups in total. The van der Waals surface area contributed by atoms with Crippen LogP contribution >= 0.6 is 0 Å². The van der Waals surface area contributed by atoms with E-state index in [4.69, 9.17) is 9.47 Å². The summed E-state index contributed by atoms with van der Waals surface area (Å²) in [5, 5.41) is 0. The van der Waals surface area contributed by atoms with Crippen LogP contribution in [-0.2, 0) is 19.9 Å². The molecule has 1 rings (SSSR count). The molecule has 0 aliphatic heterocycles. The SMILES string of the molecule is CCCCCC[C@H](C)OC(=O)[C@](OC)(c1ccccc1)C(F)(F)F. The van der Waals surface area contributed by atoms with Crippen molar-refractivity contribution in [3.8, 4) is 0 Å². The molecule has 0 saturated carbocycles. The zero-order valence-electron chi connectivity index (χ0n) is 14.4. The van der Waals surface area contributed by atoms with Gasteiger partial charge in [-0.1, -0.05) is 56.5 Å². The molecule has 1 aromatic rings. The number of hydrogen-bond donors (Lipinski definition) is 0. The van der Waals surface area contributed by atoms with Crippen molar-refractivity contribution in [3.05, 3.63) is 35.9 Å². The number of alkyl halides is 3. The van der Waals surface area contributed by atoms with Gasteiger partial charge in [0.1, 0.15) is 0 Å². The number of esters is 1. The minimum Gasteiger partial charge on any atom is -0.460 e. The van der Waals surface area contributed by atoms with Crippen LogP contribution in [0, 0.1) is 0 Å². The van der Waals surface area contributed by atoms with E-state index in [1.54, 1.807) is 13.0 Å². The highest BCUT2D eigenvalue weighted by molar-refractivity contribution is 5.82. The summed E-state index contributed by atoms with van der Waals surface area (Å²) in [6, 6.07) is 6.85. The van der Waals surface area contributed by atoms with Gasteiger partial charge in [-0.2, -0.15) is 13.2 Å². The maximum absolute atomic E-state index is 13.7. The third kappa shape index (κ3) is 4.72. The highest BCUT2D eigenvalue weighted by Crippen LogP contribution is 2.43. The topological polar surface area (TPSA) is 35.5 Å². The molecule has 0 aliphatic carbocycles. The van der Waals surface area contributed by atoms with E-state index in [0.717, 1.165) is 32.8 Å². The Morgan fingerprint density at radius 3 is 2.25 bits per heavy atom. The van der Waals surface area contributed by atoms with Crippen molar-refractivity contribution in [2.75, 3.05) is 7.11 Å². The van der Waals surface area contributed by atoms with Crippen molar-refractivity contribution in [2.45, 2.75) is 63.8 Å². The molecular formula is C18H25F3O3. The lowest BCUT2D eigenvalue weighted by Gasteiger charge is -2.33. The molecule has 3 nitrogen and oxygen atoms in total. The van der Waals surface area contributed by atoms with Gasteiger partial charge in [0, 0.05) is 12.7 Å². The molecule has 0 aliphatic rings. The summed E-state index contributed by atoms with van der Waals surface area (Å²) >= 11 is 0. The number of halogens is 3. The monoisotopic (exact) mass is 346 g/mol. The number of methoxy groups -OCH3 is 1. The Hall–Kier alpha value is -1.56. The first-order chi connectivity index (χ1) is 11.3. The van der Waals surface area contributed by atoms with Gasteiger partial charge < -0.3 is 9.47 Å². The Kier molecular flexibility index (Phi) is 7.73. The number of carbonyl (C=O) groups excluding carboxylic acids is 1. The summed E-state index contributed by atoms with van der Waals surface area (Å²) in [5.74, 6) is -1.42. The molecule has 6 heteroatoms. The summed E-state index contributed by atoms with van der Waals surface area (Å²) in [6.45, 7) is 3.67. The van der Waals surface area contributed by atoms with Crippen molar-refractivity contribution in [2.24, 2.45) is 0 Å². The van der Waals surface area contributed by atoms with Crippen LogP contribution in [0.2, 0.25) is 0 Å². The van der Waals surface area contributed by atoms with E-state index in [1.165, 1.54) is 24.3 Å². The predicted molar refractivity (Wildman–Crippen MR) is 85.5 cm³/mol. The number of carbonyl (C=O) groups is 1. The van der Waals surface area contributed by atoms with E-state index in [1.807, 2.05) is 0 Å². The molecule has 0 heterocycles. The maximum atomic E-state index is 13.7. The van der Waals surface area contributed by atoms with Crippen LogP contribution in [0.3, 0.4) is 0 Å². The lowest BCUT2D eigenvalue weighted by molar-refractivity contribution is -0.278. The zero-order chi connectivity index (χ0) is 18.2. The molecule has 24 heavy (non-hydrogen) atoms. The van der Waals surface area contributed by atoms with Crippen LogP contribution < -0.4 is 0 Å². The van der Waals surface area contributed by atoms with Gasteiger partial charge in [-0.25, -0.2) is 4.79 Å². The van der Waals surface area contributed by atoms with Crippen molar-refractivity contribution >= 4 is 5.97 Å². The van der Waals surface area contributed by atoms with Gasteiger partial charge in [-0.15, -0.1) is 0 Å². The summed E-state index contributed by atoms with van der Waals surface area (Å²) in [4.78, 5) is 12.4. The third-order valence-corrected chi connectivity index (χ3v) is 3.95. The third-order valence-electron chi connectivity index (χ3n) is 3.95. The second-order valence-corrected chi connectivity index (χ2v) is 5.81. The Bertz CT molecular complexity index is 502. The van der Waals surface area contributed by atoms with Gasteiger partial charge in [-0.3, -0.25) is 0 Å². The molecule has 0 spiro atoms. The predicted octanol–water partition coefficient (Wildman–Crippen LogP) is 4.99. The fourth-order valence-corrected chi connectivity index (χ4v) is 2.57. The smallest absolute Gasteiger partial charge is 0.432 e. The molecule has 1 aromatic carbocycles. The quantitative estimate of drug-likeness (QED) is 0.467. The van der Waals surface area contributed by atoms with Gasteiger partial charge in [0.2, 0.25) is 0 Å². The summed E-state index contributed by atoms with van der Waals surface area (Å²) in [5.41, 5.74) is -3.39. The van der Waals surface area contributed by atoms with E-state index in [9.17, 15) is 18.0 Å². The van der Waals surface area contributed by atoms with Gasteiger partial charge in [0.05, 0.1) is 6.10 Å². The van der Waals surface area contributed by atoms with Gasteiger partial charge in [-0.05, 0) is 19.8 Å². The minimum atomic E-state index is -4.93. The van der Waals surface area contributed by atoms with Crippen LogP contribution in [0.15, 0.2) is 30.3 Å². The number of unbranched alkanes of at least 4 members (excludes halogenated alkanes) is 3. The lowest BCUT2D eigenvalue weighted by atomic mass is 9.92. The molecular weight excluding hydrogens is 321 g/mol. The summed E-state index contributed by atoms with van der Waals surface area (Å²) in [7, 11) is 0.869. The molecule has 0 radical (unpaired) electrons. The van der Waals surface area contributed by atoms with Crippen LogP contribution in [0.25, 0.3) is 0 Å². The zero-order valence-corrected chi connectivity index (χ0v) is 14.4. The Morgan fingerprint density at radius 2 is 1.75 bits per heavy atom. The summed E-state index contributed by atoms with van der Waals surface area (Å²) in [6.07, 6.45) is -1.13. The Labute approximate surface area is 141 Å². The van der Waals surface area contributed by atoms with Gasteiger partial charge in [0.25, 0.3) is 5.60 Å². The molecule has 2 atom stereocenters. The average Bonchev–Trinajstić information content (AvgIpc) is 2.52. The fraction of sp³-hybridized carbons (Fsp3) is 0.611. The second kappa shape index (κ2) is 9.06. The number of rotatable bonds is 9. The van der Waals surface area contributed by atoms with E-state index in [0.29, 0.717) is 6.42 Å². The Morgan fingerprint density at radius 1 is 1.12 bits per heavy atom. The molecule has 0 saturated heterocycles. The minimum absolute atomic E-state index is 0.289. The molecule has 0 unspecified atom stereocenters. The largest absolute Gasteiger partial charge is 0.460 e. The van der Waals surface area contributed by atoms with Crippen LogP contribution in [0.1, 0.15) is 51.5 Å². The first-order valence-electron chi connectivity index (χ1n) is 8.18. The van der Waals surface area contributed by atoms with E-state index < -0.39 is 23.9 Å². The normalized spacial score (nSPS) is 15.6. The number of ether oxygens (including phenoxy) is 2. The second-order valence-electron chi connectivity index (χ2n) is 5.81. The van der Waals surface area contributed by atoms with Crippen LogP contribution in [0.4, 0.5) is 13.2 Å². The highest BCUT2D eigenvalue weighted by atomic mass is 19.4. The number of hydrogen-bond acceptors (Lipinski definition) is 3. The van der Waals surface area contributed by atoms with Gasteiger partial charge in [0.15, 0.2) is 0 Å². The highest BCUT2D eigenvalue weighted by Gasteiger charge is 2.64. The van der Waals surface area contributed by atoms with Crippen LogP contribution in [0.5, 0.6) is 0 Å². The summed E-state index contributed by atoms with van der Waals surface area (Å²) < 4.78 is 50.8. The Balaban J connectivity index is 2.94. The van der Waals surface area contributed by atoms with Crippen molar-refractivity contribution in [1.82, 2.24) is 0 Å². The molecule has 0 aromatic heterocycles. The molecule has 0 bridgehead atoms. The van der Waals surface area contributed by atoms with E-state index >= 15 is 0 Å². The maximum Gasteiger partial charge on any atom is 0.432 e.